The Kier molecular flexibility index (Phi) is 5.71. The van der Waals surface area contributed by atoms with Crippen molar-refractivity contribution in [1.29, 1.82) is 5.26 Å². The van der Waals surface area contributed by atoms with E-state index in [1.54, 1.807) is 13.1 Å². The van der Waals surface area contributed by atoms with Gasteiger partial charge in [0.25, 0.3) is 0 Å². The van der Waals surface area contributed by atoms with E-state index in [9.17, 15) is 9.00 Å². The monoisotopic (exact) mass is 278 g/mol. The summed E-state index contributed by atoms with van der Waals surface area (Å²) in [4.78, 5) is 13.9. The van der Waals surface area contributed by atoms with E-state index in [0.29, 0.717) is 17.9 Å². The first kappa shape index (κ1) is 15.4. The molecule has 0 aliphatic carbocycles. The molecule has 0 aliphatic rings. The Morgan fingerprint density at radius 2 is 2.05 bits per heavy atom. The lowest BCUT2D eigenvalue weighted by Gasteiger charge is -2.15. The molecule has 0 heterocycles. The van der Waals surface area contributed by atoms with Gasteiger partial charge in [-0.1, -0.05) is 6.07 Å². The minimum Gasteiger partial charge on any atom is -0.344 e. The zero-order valence-corrected chi connectivity index (χ0v) is 12.3. The van der Waals surface area contributed by atoms with Crippen molar-refractivity contribution in [3.05, 3.63) is 29.3 Å². The smallest absolute Gasteiger partial charge is 0.235 e. The van der Waals surface area contributed by atoms with Gasteiger partial charge in [0.2, 0.25) is 5.91 Å². The van der Waals surface area contributed by atoms with E-state index in [4.69, 9.17) is 5.26 Å². The molecule has 1 amide bonds. The van der Waals surface area contributed by atoms with Crippen LogP contribution in [0.4, 0.5) is 0 Å². The Morgan fingerprint density at radius 3 is 2.63 bits per heavy atom. The number of nitrogens with zero attached hydrogens (tertiary/aromatic N) is 2. The molecule has 1 aromatic carbocycles. The number of carbonyl (C=O) groups excluding carboxylic acids is 1. The average Bonchev–Trinajstić information content (AvgIpc) is 2.38. The first-order chi connectivity index (χ1) is 8.95. The summed E-state index contributed by atoms with van der Waals surface area (Å²) in [5, 5.41) is 8.47. The topological polar surface area (TPSA) is 61.2 Å². The zero-order valence-electron chi connectivity index (χ0n) is 11.5. The van der Waals surface area contributed by atoms with Gasteiger partial charge in [-0.2, -0.15) is 5.26 Å². The number of hydrogen-bond acceptors (Lipinski definition) is 3. The van der Waals surface area contributed by atoms with Crippen LogP contribution in [-0.4, -0.2) is 34.4 Å². The van der Waals surface area contributed by atoms with Gasteiger partial charge >= 0.3 is 0 Å². The Hall–Kier alpha value is -1.67. The normalized spacial score (nSPS) is 11.7. The molecule has 0 aliphatic heterocycles. The minimum atomic E-state index is -1.33. The van der Waals surface area contributed by atoms with Gasteiger partial charge in [-0.3, -0.25) is 9.00 Å². The van der Waals surface area contributed by atoms with Gasteiger partial charge in [0.05, 0.1) is 23.3 Å². The molecule has 0 radical (unpaired) electrons. The van der Waals surface area contributed by atoms with Crippen molar-refractivity contribution in [2.75, 3.05) is 19.3 Å². The van der Waals surface area contributed by atoms with Crippen molar-refractivity contribution < 1.29 is 9.00 Å². The summed E-state index contributed by atoms with van der Waals surface area (Å²) in [6.45, 7) is 4.32. The molecule has 0 saturated heterocycles. The standard InChI is InChI=1S/C14H18N2O2S/c1-11-5-6-13(9-12(11)2)19(18)10-14(17)16(3)8-4-7-15/h5-6,9H,4,8,10H2,1-3H3. The summed E-state index contributed by atoms with van der Waals surface area (Å²) in [5.41, 5.74) is 2.20. The van der Waals surface area contributed by atoms with Crippen LogP contribution >= 0.6 is 0 Å². The lowest BCUT2D eigenvalue weighted by Crippen LogP contribution is -2.31. The highest BCUT2D eigenvalue weighted by Gasteiger charge is 2.14. The Bertz CT molecular complexity index is 535. The van der Waals surface area contributed by atoms with Crippen LogP contribution in [0, 0.1) is 25.2 Å². The van der Waals surface area contributed by atoms with Crippen molar-refractivity contribution in [2.24, 2.45) is 0 Å². The number of rotatable bonds is 5. The third-order valence-corrected chi connectivity index (χ3v) is 4.27. The quantitative estimate of drug-likeness (QED) is 0.825. The molecule has 0 aromatic heterocycles. The lowest BCUT2D eigenvalue weighted by molar-refractivity contribution is -0.127. The van der Waals surface area contributed by atoms with Gasteiger partial charge in [-0.25, -0.2) is 0 Å². The minimum absolute atomic E-state index is 0.0373. The molecule has 0 spiro atoms. The fourth-order valence-electron chi connectivity index (χ4n) is 1.50. The van der Waals surface area contributed by atoms with Crippen LogP contribution in [0.25, 0.3) is 0 Å². The van der Waals surface area contributed by atoms with Crippen molar-refractivity contribution in [2.45, 2.75) is 25.2 Å². The SMILES string of the molecule is Cc1ccc(S(=O)CC(=O)N(C)CCC#N)cc1C. The summed E-state index contributed by atoms with van der Waals surface area (Å²) < 4.78 is 12.1. The molecule has 0 fully saturated rings. The first-order valence-electron chi connectivity index (χ1n) is 6.02. The highest BCUT2D eigenvalue weighted by Crippen LogP contribution is 2.13. The predicted molar refractivity (Wildman–Crippen MR) is 75.1 cm³/mol. The Balaban J connectivity index is 2.66. The lowest BCUT2D eigenvalue weighted by atomic mass is 10.1. The van der Waals surface area contributed by atoms with Gasteiger partial charge in [0, 0.05) is 18.5 Å². The van der Waals surface area contributed by atoms with E-state index >= 15 is 0 Å². The van der Waals surface area contributed by atoms with Gasteiger partial charge < -0.3 is 4.90 Å². The second-order valence-electron chi connectivity index (χ2n) is 4.46. The molecular weight excluding hydrogens is 260 g/mol. The van der Waals surface area contributed by atoms with E-state index in [0.717, 1.165) is 11.1 Å². The fraction of sp³-hybridized carbons (Fsp3) is 0.429. The maximum absolute atomic E-state index is 12.1. The largest absolute Gasteiger partial charge is 0.344 e. The van der Waals surface area contributed by atoms with Crippen molar-refractivity contribution in [3.8, 4) is 6.07 Å². The predicted octanol–water partition coefficient (Wildman–Crippen LogP) is 1.78. The molecule has 5 heteroatoms. The van der Waals surface area contributed by atoms with E-state index in [1.165, 1.54) is 4.90 Å². The number of benzene rings is 1. The fourth-order valence-corrected chi connectivity index (χ4v) is 2.64. The molecular formula is C14H18N2O2S. The number of amides is 1. The second kappa shape index (κ2) is 7.05. The van der Waals surface area contributed by atoms with Crippen LogP contribution in [0.1, 0.15) is 17.5 Å². The highest BCUT2D eigenvalue weighted by molar-refractivity contribution is 7.85. The molecule has 1 atom stereocenters. The zero-order chi connectivity index (χ0) is 14.4. The summed E-state index contributed by atoms with van der Waals surface area (Å²) in [6.07, 6.45) is 0.290. The molecule has 102 valence electrons. The van der Waals surface area contributed by atoms with Gasteiger partial charge in [-0.05, 0) is 37.1 Å². The average molecular weight is 278 g/mol. The van der Waals surface area contributed by atoms with Crippen LogP contribution in [0.15, 0.2) is 23.1 Å². The molecule has 1 rings (SSSR count). The van der Waals surface area contributed by atoms with E-state index in [-0.39, 0.29) is 11.7 Å². The summed E-state index contributed by atoms with van der Waals surface area (Å²) in [5.74, 6) is -0.239. The van der Waals surface area contributed by atoms with Crippen LogP contribution < -0.4 is 0 Å². The number of carbonyl (C=O) groups is 1. The summed E-state index contributed by atoms with van der Waals surface area (Å²) in [7, 11) is 0.290. The van der Waals surface area contributed by atoms with E-state index < -0.39 is 10.8 Å². The summed E-state index contributed by atoms with van der Waals surface area (Å²) in [6, 6.07) is 7.54. The van der Waals surface area contributed by atoms with Crippen LogP contribution in [0.5, 0.6) is 0 Å². The van der Waals surface area contributed by atoms with Gasteiger partial charge in [-0.15, -0.1) is 0 Å². The Labute approximate surface area is 116 Å². The maximum atomic E-state index is 12.1. The highest BCUT2D eigenvalue weighted by atomic mass is 32.2. The first-order valence-corrected chi connectivity index (χ1v) is 7.34. The molecule has 0 saturated carbocycles. The van der Waals surface area contributed by atoms with Crippen LogP contribution in [0.3, 0.4) is 0 Å². The van der Waals surface area contributed by atoms with Crippen molar-refractivity contribution in [1.82, 2.24) is 4.90 Å². The third-order valence-electron chi connectivity index (χ3n) is 2.98. The van der Waals surface area contributed by atoms with Gasteiger partial charge in [0.1, 0.15) is 5.75 Å². The Morgan fingerprint density at radius 1 is 1.37 bits per heavy atom. The third kappa shape index (κ3) is 4.49. The summed E-state index contributed by atoms with van der Waals surface area (Å²) >= 11 is 0. The molecule has 4 nitrogen and oxygen atoms in total. The van der Waals surface area contributed by atoms with Crippen molar-refractivity contribution >= 4 is 16.7 Å². The number of hydrogen-bond donors (Lipinski definition) is 0. The van der Waals surface area contributed by atoms with Crippen LogP contribution in [-0.2, 0) is 15.6 Å². The number of aryl methyl sites for hydroxylation is 2. The van der Waals surface area contributed by atoms with Crippen molar-refractivity contribution in [3.63, 3.8) is 0 Å². The maximum Gasteiger partial charge on any atom is 0.235 e. The van der Waals surface area contributed by atoms with Crippen LogP contribution in [0.2, 0.25) is 0 Å². The molecule has 0 N–H and O–H groups in total. The molecule has 0 bridgehead atoms. The van der Waals surface area contributed by atoms with Gasteiger partial charge in [0.15, 0.2) is 0 Å². The second-order valence-corrected chi connectivity index (χ2v) is 5.91. The number of nitriles is 1. The molecule has 1 aromatic rings. The van der Waals surface area contributed by atoms with E-state index in [1.807, 2.05) is 32.0 Å². The van der Waals surface area contributed by atoms with E-state index in [2.05, 4.69) is 0 Å². The molecule has 1 unspecified atom stereocenters. The molecule has 19 heavy (non-hydrogen) atoms.